The summed E-state index contributed by atoms with van der Waals surface area (Å²) in [6.45, 7) is 6.82. The molecule has 0 saturated heterocycles. The molecule has 0 spiro atoms. The van der Waals surface area contributed by atoms with Gasteiger partial charge >= 0.3 is 0 Å². The molecule has 1 aliphatic rings. The molecule has 0 bridgehead atoms. The van der Waals surface area contributed by atoms with Crippen LogP contribution < -0.4 is 5.73 Å². The highest BCUT2D eigenvalue weighted by Crippen LogP contribution is 2.25. The molecule has 1 aromatic carbocycles. The van der Waals surface area contributed by atoms with Crippen LogP contribution in [0.4, 0.5) is 0 Å². The van der Waals surface area contributed by atoms with Crippen LogP contribution in [0.3, 0.4) is 0 Å². The van der Waals surface area contributed by atoms with Crippen molar-refractivity contribution in [2.24, 2.45) is 5.73 Å². The minimum absolute atomic E-state index is 0.130. The lowest BCUT2D eigenvalue weighted by atomic mass is 10.0. The highest BCUT2D eigenvalue weighted by molar-refractivity contribution is 5.98. The summed E-state index contributed by atoms with van der Waals surface area (Å²) in [5, 5.41) is 0. The first-order chi connectivity index (χ1) is 7.99. The lowest BCUT2D eigenvalue weighted by molar-refractivity contribution is 0.0730. The summed E-state index contributed by atoms with van der Waals surface area (Å²) in [5.74, 6) is 0.154. The molecule has 0 aliphatic carbocycles. The summed E-state index contributed by atoms with van der Waals surface area (Å²) in [7, 11) is 0. The van der Waals surface area contributed by atoms with Crippen LogP contribution in [0.25, 0.3) is 0 Å². The third kappa shape index (κ3) is 2.34. The Morgan fingerprint density at radius 3 is 2.65 bits per heavy atom. The third-order valence-corrected chi connectivity index (χ3v) is 3.19. The Balaban J connectivity index is 2.28. The Morgan fingerprint density at radius 1 is 1.35 bits per heavy atom. The molecular formula is C14H20N2O. The average molecular weight is 232 g/mol. The maximum atomic E-state index is 12.2. The van der Waals surface area contributed by atoms with E-state index in [9.17, 15) is 4.79 Å². The van der Waals surface area contributed by atoms with Crippen molar-refractivity contribution >= 4 is 5.91 Å². The van der Waals surface area contributed by atoms with Crippen molar-refractivity contribution in [3.05, 3.63) is 34.9 Å². The molecule has 3 heteroatoms. The molecule has 1 amide bonds. The largest absolute Gasteiger partial charge is 0.332 e. The van der Waals surface area contributed by atoms with Gasteiger partial charge in [-0.2, -0.15) is 0 Å². The second kappa shape index (κ2) is 4.49. The summed E-state index contributed by atoms with van der Waals surface area (Å²) in [4.78, 5) is 14.1. The van der Waals surface area contributed by atoms with Gasteiger partial charge in [0.15, 0.2) is 0 Å². The third-order valence-electron chi connectivity index (χ3n) is 3.19. The van der Waals surface area contributed by atoms with E-state index in [4.69, 9.17) is 5.73 Å². The van der Waals surface area contributed by atoms with Gasteiger partial charge in [-0.05, 0) is 44.4 Å². The van der Waals surface area contributed by atoms with Crippen LogP contribution in [0.15, 0.2) is 18.2 Å². The van der Waals surface area contributed by atoms with E-state index in [0.717, 1.165) is 29.7 Å². The van der Waals surface area contributed by atoms with Gasteiger partial charge in [0.1, 0.15) is 0 Å². The number of fused-ring (bicyclic) bond motifs is 1. The number of nitrogens with zero attached hydrogens (tertiary/aromatic N) is 1. The second-order valence-corrected chi connectivity index (χ2v) is 5.20. The highest BCUT2D eigenvalue weighted by atomic mass is 16.2. The van der Waals surface area contributed by atoms with Crippen LogP contribution >= 0.6 is 0 Å². The van der Waals surface area contributed by atoms with Crippen LogP contribution in [-0.2, 0) is 13.0 Å². The van der Waals surface area contributed by atoms with Gasteiger partial charge in [0.05, 0.1) is 0 Å². The molecule has 0 saturated carbocycles. The second-order valence-electron chi connectivity index (χ2n) is 5.20. The van der Waals surface area contributed by atoms with Crippen LogP contribution in [0.5, 0.6) is 0 Å². The summed E-state index contributed by atoms with van der Waals surface area (Å²) in [5.41, 5.74) is 8.93. The molecule has 2 rings (SSSR count). The number of hydrogen-bond donors (Lipinski definition) is 1. The van der Waals surface area contributed by atoms with E-state index in [1.807, 2.05) is 31.7 Å². The van der Waals surface area contributed by atoms with E-state index in [0.29, 0.717) is 0 Å². The molecule has 92 valence electrons. The van der Waals surface area contributed by atoms with E-state index in [1.165, 1.54) is 0 Å². The molecule has 1 aliphatic heterocycles. The molecule has 1 aromatic rings. The predicted molar refractivity (Wildman–Crippen MR) is 68.8 cm³/mol. The van der Waals surface area contributed by atoms with Crippen molar-refractivity contribution in [3.63, 3.8) is 0 Å². The smallest absolute Gasteiger partial charge is 0.254 e. The molecule has 1 heterocycles. The fourth-order valence-electron chi connectivity index (χ4n) is 2.29. The SMILES string of the molecule is CC(N)Cc1ccc2c(c1)C(=O)N(C(C)C)C2. The van der Waals surface area contributed by atoms with Crippen LogP contribution in [0.2, 0.25) is 0 Å². The number of carbonyl (C=O) groups is 1. The first-order valence-corrected chi connectivity index (χ1v) is 6.17. The molecule has 17 heavy (non-hydrogen) atoms. The van der Waals surface area contributed by atoms with E-state index in [2.05, 4.69) is 12.1 Å². The highest BCUT2D eigenvalue weighted by Gasteiger charge is 2.28. The lowest BCUT2D eigenvalue weighted by Gasteiger charge is -2.19. The van der Waals surface area contributed by atoms with E-state index in [-0.39, 0.29) is 18.0 Å². The molecule has 0 radical (unpaired) electrons. The summed E-state index contributed by atoms with van der Waals surface area (Å²) in [6, 6.07) is 6.54. The summed E-state index contributed by atoms with van der Waals surface area (Å²) < 4.78 is 0. The zero-order valence-electron chi connectivity index (χ0n) is 10.7. The number of amides is 1. The summed E-state index contributed by atoms with van der Waals surface area (Å²) >= 11 is 0. The van der Waals surface area contributed by atoms with E-state index >= 15 is 0 Å². The van der Waals surface area contributed by atoms with E-state index < -0.39 is 0 Å². The molecule has 0 aromatic heterocycles. The number of rotatable bonds is 3. The fourth-order valence-corrected chi connectivity index (χ4v) is 2.29. The molecule has 1 atom stereocenters. The van der Waals surface area contributed by atoms with Crippen LogP contribution in [0, 0.1) is 0 Å². The monoisotopic (exact) mass is 232 g/mol. The number of hydrogen-bond acceptors (Lipinski definition) is 2. The van der Waals surface area contributed by atoms with Gasteiger partial charge in [-0.25, -0.2) is 0 Å². The number of carbonyl (C=O) groups excluding carboxylic acids is 1. The van der Waals surface area contributed by atoms with Gasteiger partial charge in [-0.15, -0.1) is 0 Å². The zero-order valence-corrected chi connectivity index (χ0v) is 10.7. The van der Waals surface area contributed by atoms with Crippen molar-refractivity contribution in [2.45, 2.75) is 45.8 Å². The molecule has 2 N–H and O–H groups in total. The molecule has 0 fully saturated rings. The average Bonchev–Trinajstić information content (AvgIpc) is 2.56. The van der Waals surface area contributed by atoms with Gasteiger partial charge in [0.25, 0.3) is 5.91 Å². The van der Waals surface area contributed by atoms with Crippen molar-refractivity contribution in [1.82, 2.24) is 4.90 Å². The minimum Gasteiger partial charge on any atom is -0.332 e. The fraction of sp³-hybridized carbons (Fsp3) is 0.500. The maximum Gasteiger partial charge on any atom is 0.254 e. The van der Waals surface area contributed by atoms with Crippen molar-refractivity contribution in [1.29, 1.82) is 0 Å². The molecular weight excluding hydrogens is 212 g/mol. The van der Waals surface area contributed by atoms with Crippen molar-refractivity contribution in [3.8, 4) is 0 Å². The van der Waals surface area contributed by atoms with Crippen LogP contribution in [-0.4, -0.2) is 22.9 Å². The van der Waals surface area contributed by atoms with Gasteiger partial charge in [0.2, 0.25) is 0 Å². The van der Waals surface area contributed by atoms with Gasteiger partial charge in [0, 0.05) is 24.2 Å². The van der Waals surface area contributed by atoms with Gasteiger partial charge < -0.3 is 10.6 Å². The Morgan fingerprint density at radius 2 is 2.06 bits per heavy atom. The quantitative estimate of drug-likeness (QED) is 0.865. The topological polar surface area (TPSA) is 46.3 Å². The summed E-state index contributed by atoms with van der Waals surface area (Å²) in [6.07, 6.45) is 0.822. The first-order valence-electron chi connectivity index (χ1n) is 6.17. The molecule has 3 nitrogen and oxygen atoms in total. The minimum atomic E-state index is 0.130. The molecule has 1 unspecified atom stereocenters. The van der Waals surface area contributed by atoms with Crippen molar-refractivity contribution in [2.75, 3.05) is 0 Å². The van der Waals surface area contributed by atoms with Crippen molar-refractivity contribution < 1.29 is 4.79 Å². The van der Waals surface area contributed by atoms with Gasteiger partial charge in [-0.1, -0.05) is 12.1 Å². The van der Waals surface area contributed by atoms with Crippen LogP contribution in [0.1, 0.15) is 42.3 Å². The zero-order chi connectivity index (χ0) is 12.6. The first kappa shape index (κ1) is 12.1. The number of benzene rings is 1. The van der Waals surface area contributed by atoms with E-state index in [1.54, 1.807) is 0 Å². The Hall–Kier alpha value is -1.35. The normalized spacial score (nSPS) is 16.5. The maximum absolute atomic E-state index is 12.2. The van der Waals surface area contributed by atoms with Gasteiger partial charge in [-0.3, -0.25) is 4.79 Å². The number of nitrogens with two attached hydrogens (primary N) is 1. The standard InChI is InChI=1S/C14H20N2O/c1-9(2)16-8-12-5-4-11(6-10(3)15)7-13(12)14(16)17/h4-5,7,9-10H,6,8,15H2,1-3H3. The lowest BCUT2D eigenvalue weighted by Crippen LogP contribution is -2.30. The predicted octanol–water partition coefficient (Wildman–Crippen LogP) is 1.94. The Kier molecular flexibility index (Phi) is 3.20. The Bertz CT molecular complexity index is 438. The Labute approximate surface area is 103 Å².